The van der Waals surface area contributed by atoms with Gasteiger partial charge in [0.15, 0.2) is 0 Å². The molecular formula is C54H34N4. The van der Waals surface area contributed by atoms with Gasteiger partial charge in [-0.05, 0) is 75.8 Å². The zero-order valence-corrected chi connectivity index (χ0v) is 31.4. The van der Waals surface area contributed by atoms with Crippen LogP contribution in [0.25, 0.3) is 110 Å². The maximum Gasteiger partial charge on any atom is 0.145 e. The van der Waals surface area contributed by atoms with Crippen molar-refractivity contribution in [2.75, 3.05) is 0 Å². The predicted molar refractivity (Wildman–Crippen MR) is 242 cm³/mol. The average molecular weight is 739 g/mol. The van der Waals surface area contributed by atoms with Crippen LogP contribution in [-0.4, -0.2) is 19.1 Å². The van der Waals surface area contributed by atoms with E-state index < -0.39 is 0 Å². The maximum absolute atomic E-state index is 5.55. The van der Waals surface area contributed by atoms with Gasteiger partial charge in [0.25, 0.3) is 0 Å². The highest BCUT2D eigenvalue weighted by atomic mass is 15.1. The van der Waals surface area contributed by atoms with Gasteiger partial charge in [0.1, 0.15) is 5.82 Å². The van der Waals surface area contributed by atoms with Crippen LogP contribution >= 0.6 is 0 Å². The Balaban J connectivity index is 1.08. The molecule has 3 heterocycles. The molecule has 12 rings (SSSR count). The summed E-state index contributed by atoms with van der Waals surface area (Å²) in [4.78, 5) is 10.8. The quantitative estimate of drug-likeness (QED) is 0.165. The monoisotopic (exact) mass is 738 g/mol. The summed E-state index contributed by atoms with van der Waals surface area (Å²) in [5.74, 6) is 0.914. The van der Waals surface area contributed by atoms with Crippen LogP contribution in [0.3, 0.4) is 0 Å². The van der Waals surface area contributed by atoms with E-state index in [1.807, 2.05) is 0 Å². The molecule has 0 unspecified atom stereocenters. The smallest absolute Gasteiger partial charge is 0.145 e. The van der Waals surface area contributed by atoms with E-state index in [4.69, 9.17) is 9.97 Å². The van der Waals surface area contributed by atoms with Crippen molar-refractivity contribution in [3.05, 3.63) is 206 Å². The average Bonchev–Trinajstić information content (AvgIpc) is 3.85. The summed E-state index contributed by atoms with van der Waals surface area (Å²) >= 11 is 0. The van der Waals surface area contributed by atoms with Crippen molar-refractivity contribution in [3.8, 4) is 45.1 Å². The second-order valence-corrected chi connectivity index (χ2v) is 15.0. The molecule has 0 amide bonds. The molecule has 4 nitrogen and oxygen atoms in total. The number of aromatic nitrogens is 4. The lowest BCUT2D eigenvalue weighted by molar-refractivity contribution is 1.11. The molecule has 0 N–H and O–H groups in total. The van der Waals surface area contributed by atoms with E-state index in [-0.39, 0.29) is 0 Å². The number of fused-ring (bicyclic) bond motifs is 9. The fourth-order valence-corrected chi connectivity index (χ4v) is 8.99. The SMILES string of the molecule is c1ccc(-c2nc3c(ccc4c5ccc(-c6cccc(-c7nc8ccccc8n7-c7ccc8ccccc8c7)c6)cc5n(-c5ccccc5)c43)c3ccccc23)cc1. The number of pyridine rings is 1. The molecule has 0 spiro atoms. The molecule has 4 heteroatoms. The van der Waals surface area contributed by atoms with Gasteiger partial charge in [0.05, 0.1) is 33.3 Å². The van der Waals surface area contributed by atoms with Gasteiger partial charge in [-0.2, -0.15) is 0 Å². The van der Waals surface area contributed by atoms with E-state index >= 15 is 0 Å². The number of hydrogen-bond donors (Lipinski definition) is 0. The van der Waals surface area contributed by atoms with Crippen molar-refractivity contribution >= 4 is 65.3 Å². The minimum absolute atomic E-state index is 0.914. The van der Waals surface area contributed by atoms with E-state index in [1.165, 1.54) is 26.9 Å². The van der Waals surface area contributed by atoms with Gasteiger partial charge in [-0.25, -0.2) is 9.97 Å². The van der Waals surface area contributed by atoms with Crippen LogP contribution in [0.5, 0.6) is 0 Å². The second-order valence-electron chi connectivity index (χ2n) is 15.0. The highest BCUT2D eigenvalue weighted by Gasteiger charge is 2.21. The molecule has 12 aromatic rings. The minimum atomic E-state index is 0.914. The van der Waals surface area contributed by atoms with E-state index in [9.17, 15) is 0 Å². The lowest BCUT2D eigenvalue weighted by Crippen LogP contribution is -1.98. The molecule has 0 aliphatic heterocycles. The van der Waals surface area contributed by atoms with Crippen molar-refractivity contribution in [2.45, 2.75) is 0 Å². The Labute approximate surface area is 334 Å². The van der Waals surface area contributed by atoms with Crippen molar-refractivity contribution < 1.29 is 0 Å². The summed E-state index contributed by atoms with van der Waals surface area (Å²) in [5, 5.41) is 8.28. The molecule has 58 heavy (non-hydrogen) atoms. The van der Waals surface area contributed by atoms with Crippen LogP contribution < -0.4 is 0 Å². The van der Waals surface area contributed by atoms with Gasteiger partial charge in [-0.1, -0.05) is 158 Å². The molecule has 0 saturated carbocycles. The van der Waals surface area contributed by atoms with Gasteiger partial charge in [0.2, 0.25) is 0 Å². The third-order valence-electron chi connectivity index (χ3n) is 11.7. The lowest BCUT2D eigenvalue weighted by atomic mass is 9.98. The molecule has 0 atom stereocenters. The Bertz CT molecular complexity index is 3560. The van der Waals surface area contributed by atoms with Crippen LogP contribution in [0, 0.1) is 0 Å². The number of hydrogen-bond acceptors (Lipinski definition) is 2. The fourth-order valence-electron chi connectivity index (χ4n) is 8.99. The van der Waals surface area contributed by atoms with E-state index in [1.54, 1.807) is 0 Å². The Kier molecular flexibility index (Phi) is 7.20. The summed E-state index contributed by atoms with van der Waals surface area (Å²) in [7, 11) is 0. The summed E-state index contributed by atoms with van der Waals surface area (Å²) in [6.45, 7) is 0. The standard InChI is InChI=1S/C54H34N4/c1-3-15-36(16-4-1)51-45-23-10-9-22-43(45)46-30-31-47-44-29-27-39(34-50(44)57(53(47)52(46)56-51)41-20-5-2-6-21-41)37-18-13-19-40(32-37)54-55-48-24-11-12-25-49(48)58(54)42-28-26-35-14-7-8-17-38(35)33-42/h1-34H. The predicted octanol–water partition coefficient (Wildman–Crippen LogP) is 14.0. The van der Waals surface area contributed by atoms with Crippen LogP contribution in [-0.2, 0) is 0 Å². The van der Waals surface area contributed by atoms with Crippen molar-refractivity contribution in [1.82, 2.24) is 19.1 Å². The number of benzene rings is 9. The third-order valence-corrected chi connectivity index (χ3v) is 11.7. The van der Waals surface area contributed by atoms with Crippen molar-refractivity contribution in [3.63, 3.8) is 0 Å². The maximum atomic E-state index is 5.55. The Morgan fingerprint density at radius 2 is 1.00 bits per heavy atom. The molecule has 0 aliphatic rings. The molecule has 270 valence electrons. The molecule has 0 fully saturated rings. The molecule has 3 aromatic heterocycles. The van der Waals surface area contributed by atoms with Gasteiger partial charge in [0, 0.05) is 44.0 Å². The molecule has 0 radical (unpaired) electrons. The first kappa shape index (κ1) is 32.4. The first-order valence-electron chi connectivity index (χ1n) is 19.7. The van der Waals surface area contributed by atoms with Crippen LogP contribution in [0.15, 0.2) is 206 Å². The molecule has 9 aromatic carbocycles. The number of rotatable bonds is 5. The van der Waals surface area contributed by atoms with Gasteiger partial charge in [-0.3, -0.25) is 4.57 Å². The third kappa shape index (κ3) is 5.02. The molecule has 0 saturated heterocycles. The van der Waals surface area contributed by atoms with E-state index in [0.29, 0.717) is 0 Å². The van der Waals surface area contributed by atoms with Crippen molar-refractivity contribution in [2.24, 2.45) is 0 Å². The summed E-state index contributed by atoms with van der Waals surface area (Å²) in [6.07, 6.45) is 0. The first-order valence-corrected chi connectivity index (χ1v) is 19.7. The van der Waals surface area contributed by atoms with Gasteiger partial charge in [-0.15, -0.1) is 0 Å². The van der Waals surface area contributed by atoms with Crippen molar-refractivity contribution in [1.29, 1.82) is 0 Å². The second kappa shape index (κ2) is 12.9. The molecular weight excluding hydrogens is 705 g/mol. The Morgan fingerprint density at radius 1 is 0.328 bits per heavy atom. The highest BCUT2D eigenvalue weighted by molar-refractivity contribution is 6.23. The highest BCUT2D eigenvalue weighted by Crippen LogP contribution is 2.42. The van der Waals surface area contributed by atoms with E-state index in [2.05, 4.69) is 215 Å². The molecule has 0 aliphatic carbocycles. The zero-order chi connectivity index (χ0) is 38.2. The normalized spacial score (nSPS) is 11.8. The largest absolute Gasteiger partial charge is 0.307 e. The number of imidazole rings is 1. The van der Waals surface area contributed by atoms with Crippen LogP contribution in [0.4, 0.5) is 0 Å². The first-order chi connectivity index (χ1) is 28.8. The van der Waals surface area contributed by atoms with E-state index in [0.717, 1.165) is 83.5 Å². The zero-order valence-electron chi connectivity index (χ0n) is 31.4. The lowest BCUT2D eigenvalue weighted by Gasteiger charge is -2.14. The van der Waals surface area contributed by atoms with Crippen LogP contribution in [0.1, 0.15) is 0 Å². The Hall–Kier alpha value is -7.82. The summed E-state index contributed by atoms with van der Waals surface area (Å²) in [5.41, 5.74) is 12.9. The summed E-state index contributed by atoms with van der Waals surface area (Å²) < 4.78 is 4.71. The topological polar surface area (TPSA) is 35.6 Å². The minimum Gasteiger partial charge on any atom is -0.307 e. The summed E-state index contributed by atoms with van der Waals surface area (Å²) in [6, 6.07) is 73.8. The molecule has 0 bridgehead atoms. The number of nitrogens with zero attached hydrogens (tertiary/aromatic N) is 4. The van der Waals surface area contributed by atoms with Crippen LogP contribution in [0.2, 0.25) is 0 Å². The number of para-hydroxylation sites is 3. The van der Waals surface area contributed by atoms with Gasteiger partial charge >= 0.3 is 0 Å². The van der Waals surface area contributed by atoms with Gasteiger partial charge < -0.3 is 4.57 Å². The fraction of sp³-hybridized carbons (Fsp3) is 0. The Morgan fingerprint density at radius 3 is 1.88 bits per heavy atom.